The molecular formula is C18H13F4N3O3S. The molecule has 1 aromatic heterocycles. The minimum atomic E-state index is -4.73. The second kappa shape index (κ2) is 7.74. The molecule has 0 spiro atoms. The molecule has 0 saturated carbocycles. The third kappa shape index (κ3) is 4.86. The molecule has 0 N–H and O–H groups in total. The van der Waals surface area contributed by atoms with Gasteiger partial charge in [-0.1, -0.05) is 29.4 Å². The van der Waals surface area contributed by atoms with Crippen molar-refractivity contribution in [2.24, 2.45) is 4.36 Å². The van der Waals surface area contributed by atoms with Crippen LogP contribution in [0.15, 0.2) is 62.3 Å². The summed E-state index contributed by atoms with van der Waals surface area (Å²) in [6.45, 7) is 0. The highest BCUT2D eigenvalue weighted by Gasteiger charge is 2.38. The fourth-order valence-corrected chi connectivity index (χ4v) is 3.68. The fraction of sp³-hybridized carbons (Fsp3) is 0.167. The average Bonchev–Trinajstić information content (AvgIpc) is 3.11. The number of carbonyl (C=O) groups is 1. The molecule has 3 rings (SSSR count). The lowest BCUT2D eigenvalue weighted by atomic mass is 10.1. The van der Waals surface area contributed by atoms with E-state index in [0.717, 1.165) is 12.3 Å². The van der Waals surface area contributed by atoms with Crippen LogP contribution in [-0.2, 0) is 22.3 Å². The monoisotopic (exact) mass is 427 g/mol. The molecular weight excluding hydrogens is 414 g/mol. The molecule has 1 unspecified atom stereocenters. The van der Waals surface area contributed by atoms with E-state index in [4.69, 9.17) is 0 Å². The summed E-state index contributed by atoms with van der Waals surface area (Å²) in [4.78, 5) is 15.4. The number of hydrogen-bond acceptors (Lipinski definition) is 5. The van der Waals surface area contributed by atoms with Crippen LogP contribution in [0.25, 0.3) is 0 Å². The van der Waals surface area contributed by atoms with Crippen molar-refractivity contribution in [3.8, 4) is 0 Å². The second-order valence-corrected chi connectivity index (χ2v) is 8.24. The molecule has 0 aliphatic carbocycles. The molecule has 0 aliphatic heterocycles. The SMILES string of the molecule is CS(=O)(=NC(=O)c1ccc(Cc2noc(C(F)(F)F)n2)cc1)c1ccccc1F. The maximum Gasteiger partial charge on any atom is 0.471 e. The van der Waals surface area contributed by atoms with E-state index in [1.54, 1.807) is 0 Å². The van der Waals surface area contributed by atoms with Gasteiger partial charge in [-0.05, 0) is 29.8 Å². The molecule has 1 atom stereocenters. The van der Waals surface area contributed by atoms with Crippen molar-refractivity contribution in [1.29, 1.82) is 0 Å². The molecule has 1 amide bonds. The first-order valence-electron chi connectivity index (χ1n) is 8.06. The number of nitrogens with zero attached hydrogens (tertiary/aromatic N) is 3. The van der Waals surface area contributed by atoms with Crippen LogP contribution in [0.2, 0.25) is 0 Å². The van der Waals surface area contributed by atoms with Crippen molar-refractivity contribution in [2.75, 3.05) is 6.26 Å². The van der Waals surface area contributed by atoms with Crippen LogP contribution < -0.4 is 0 Å². The summed E-state index contributed by atoms with van der Waals surface area (Å²) < 4.78 is 71.7. The number of carbonyl (C=O) groups excluding carboxylic acids is 1. The van der Waals surface area contributed by atoms with E-state index in [2.05, 4.69) is 19.0 Å². The molecule has 0 fully saturated rings. The molecule has 0 radical (unpaired) electrons. The average molecular weight is 427 g/mol. The van der Waals surface area contributed by atoms with Gasteiger partial charge in [0.2, 0.25) is 0 Å². The van der Waals surface area contributed by atoms with Gasteiger partial charge in [-0.15, -0.1) is 0 Å². The third-order valence-corrected chi connectivity index (χ3v) is 5.44. The van der Waals surface area contributed by atoms with Crippen molar-refractivity contribution in [2.45, 2.75) is 17.5 Å². The predicted octanol–water partition coefficient (Wildman–Crippen LogP) is 4.12. The Morgan fingerprint density at radius 1 is 1.14 bits per heavy atom. The lowest BCUT2D eigenvalue weighted by Gasteiger charge is -2.05. The summed E-state index contributed by atoms with van der Waals surface area (Å²) in [5.41, 5.74) is 0.603. The number of rotatable bonds is 4. The van der Waals surface area contributed by atoms with Gasteiger partial charge in [-0.25, -0.2) is 8.60 Å². The van der Waals surface area contributed by atoms with E-state index < -0.39 is 33.5 Å². The van der Waals surface area contributed by atoms with Crippen LogP contribution in [0.3, 0.4) is 0 Å². The molecule has 152 valence electrons. The zero-order valence-electron chi connectivity index (χ0n) is 14.8. The maximum absolute atomic E-state index is 13.8. The molecule has 29 heavy (non-hydrogen) atoms. The Morgan fingerprint density at radius 3 is 2.38 bits per heavy atom. The van der Waals surface area contributed by atoms with Gasteiger partial charge < -0.3 is 4.52 Å². The molecule has 6 nitrogen and oxygen atoms in total. The first kappa shape index (κ1) is 20.6. The van der Waals surface area contributed by atoms with Gasteiger partial charge in [0.25, 0.3) is 5.91 Å². The molecule has 3 aromatic rings. The highest BCUT2D eigenvalue weighted by Crippen LogP contribution is 2.27. The highest BCUT2D eigenvalue weighted by atomic mass is 32.2. The van der Waals surface area contributed by atoms with E-state index in [-0.39, 0.29) is 22.7 Å². The van der Waals surface area contributed by atoms with Gasteiger partial charge in [0.05, 0.1) is 14.6 Å². The van der Waals surface area contributed by atoms with E-state index in [9.17, 15) is 26.6 Å². The predicted molar refractivity (Wildman–Crippen MR) is 94.0 cm³/mol. The Labute approximate surface area is 162 Å². The van der Waals surface area contributed by atoms with Crippen LogP contribution in [-0.4, -0.2) is 26.5 Å². The van der Waals surface area contributed by atoms with E-state index in [1.807, 2.05) is 0 Å². The van der Waals surface area contributed by atoms with Crippen molar-refractivity contribution < 1.29 is 31.1 Å². The Morgan fingerprint density at radius 2 is 1.79 bits per heavy atom. The maximum atomic E-state index is 13.8. The number of alkyl halides is 3. The summed E-state index contributed by atoms with van der Waals surface area (Å²) in [6.07, 6.45) is -3.62. The Kier molecular flexibility index (Phi) is 5.51. The number of amides is 1. The van der Waals surface area contributed by atoms with Crippen LogP contribution in [0, 0.1) is 5.82 Å². The number of halogens is 4. The van der Waals surface area contributed by atoms with Gasteiger partial charge >= 0.3 is 12.1 Å². The van der Waals surface area contributed by atoms with Crippen LogP contribution in [0.4, 0.5) is 17.6 Å². The first-order chi connectivity index (χ1) is 13.6. The molecule has 2 aromatic carbocycles. The largest absolute Gasteiger partial charge is 0.471 e. The summed E-state index contributed by atoms with van der Waals surface area (Å²) >= 11 is 0. The quantitative estimate of drug-likeness (QED) is 0.585. The van der Waals surface area contributed by atoms with E-state index >= 15 is 0 Å². The molecule has 1 heterocycles. The van der Waals surface area contributed by atoms with Gasteiger partial charge in [0.1, 0.15) is 5.82 Å². The fourth-order valence-electron chi connectivity index (χ4n) is 2.40. The zero-order chi connectivity index (χ0) is 21.2. The Bertz CT molecular complexity index is 1160. The van der Waals surface area contributed by atoms with Crippen LogP contribution >= 0.6 is 0 Å². The lowest BCUT2D eigenvalue weighted by molar-refractivity contribution is -0.159. The normalized spacial score (nSPS) is 13.7. The Balaban J connectivity index is 1.78. The van der Waals surface area contributed by atoms with Crippen molar-refractivity contribution in [1.82, 2.24) is 10.1 Å². The van der Waals surface area contributed by atoms with Gasteiger partial charge in [-0.3, -0.25) is 4.79 Å². The first-order valence-corrected chi connectivity index (χ1v) is 9.98. The standard InChI is InChI=1S/C18H13F4N3O3S/c1-29(27,14-5-3-2-4-13(14)19)25-16(26)12-8-6-11(7-9-12)10-15-23-17(28-24-15)18(20,21)22/h2-9H,10H2,1H3. The minimum Gasteiger partial charge on any atom is -0.329 e. The molecule has 0 aliphatic rings. The second-order valence-electron chi connectivity index (χ2n) is 6.02. The zero-order valence-corrected chi connectivity index (χ0v) is 15.6. The van der Waals surface area contributed by atoms with Crippen molar-refractivity contribution in [3.63, 3.8) is 0 Å². The van der Waals surface area contributed by atoms with Gasteiger partial charge in [0, 0.05) is 18.2 Å². The van der Waals surface area contributed by atoms with Gasteiger partial charge in [-0.2, -0.15) is 22.5 Å². The number of aromatic nitrogens is 2. The lowest BCUT2D eigenvalue weighted by Crippen LogP contribution is -2.06. The number of hydrogen-bond donors (Lipinski definition) is 0. The van der Waals surface area contributed by atoms with Crippen molar-refractivity contribution in [3.05, 3.63) is 77.2 Å². The van der Waals surface area contributed by atoms with E-state index in [1.165, 1.54) is 42.5 Å². The third-order valence-electron chi connectivity index (χ3n) is 3.78. The van der Waals surface area contributed by atoms with E-state index in [0.29, 0.717) is 5.56 Å². The molecule has 0 bridgehead atoms. The summed E-state index contributed by atoms with van der Waals surface area (Å²) in [5, 5.41) is 3.26. The topological polar surface area (TPSA) is 85.4 Å². The summed E-state index contributed by atoms with van der Waals surface area (Å²) in [6, 6.07) is 11.0. The summed E-state index contributed by atoms with van der Waals surface area (Å²) in [5.74, 6) is -3.15. The van der Waals surface area contributed by atoms with Gasteiger partial charge in [0.15, 0.2) is 5.82 Å². The smallest absolute Gasteiger partial charge is 0.329 e. The Hall–Kier alpha value is -3.08. The van der Waals surface area contributed by atoms with Crippen molar-refractivity contribution >= 4 is 15.6 Å². The minimum absolute atomic E-state index is 0.0507. The highest BCUT2D eigenvalue weighted by molar-refractivity contribution is 7.93. The molecule has 0 saturated heterocycles. The summed E-state index contributed by atoms with van der Waals surface area (Å²) in [7, 11) is -3.30. The number of benzene rings is 2. The van der Waals surface area contributed by atoms with Crippen LogP contribution in [0.5, 0.6) is 0 Å². The van der Waals surface area contributed by atoms with Crippen LogP contribution in [0.1, 0.15) is 27.6 Å². The molecule has 11 heteroatoms.